The molecular formula is C36H54N4O6. The number of rotatable bonds is 6. The third-order valence-corrected chi connectivity index (χ3v) is 9.74. The van der Waals surface area contributed by atoms with Crippen molar-refractivity contribution in [1.29, 1.82) is 0 Å². The summed E-state index contributed by atoms with van der Waals surface area (Å²) in [6, 6.07) is 2.47. The quantitative estimate of drug-likeness (QED) is 0.184. The number of ether oxygens (including phenoxy) is 2. The minimum absolute atomic E-state index is 0.0656. The van der Waals surface area contributed by atoms with E-state index < -0.39 is 36.0 Å². The number of cyclic esters (lactones) is 1. The van der Waals surface area contributed by atoms with Gasteiger partial charge in [0.05, 0.1) is 18.2 Å². The molecule has 1 unspecified atom stereocenters. The molecule has 1 aliphatic carbocycles. The summed E-state index contributed by atoms with van der Waals surface area (Å²) < 4.78 is 11.9. The highest BCUT2D eigenvalue weighted by Gasteiger charge is 2.37. The van der Waals surface area contributed by atoms with Crippen molar-refractivity contribution in [1.82, 2.24) is 19.8 Å². The summed E-state index contributed by atoms with van der Waals surface area (Å²) in [4.78, 5) is 38.7. The van der Waals surface area contributed by atoms with Crippen LogP contribution in [-0.4, -0.2) is 98.2 Å². The summed E-state index contributed by atoms with van der Waals surface area (Å²) in [6.45, 7) is 10.3. The Morgan fingerprint density at radius 2 is 1.85 bits per heavy atom. The molecule has 2 fully saturated rings. The van der Waals surface area contributed by atoms with E-state index in [1.54, 1.807) is 24.1 Å². The number of hydrogen-bond donors (Lipinski definition) is 2. The second kappa shape index (κ2) is 17.2. The number of esters is 1. The van der Waals surface area contributed by atoms with Gasteiger partial charge in [-0.05, 0) is 57.2 Å². The number of aliphatic hydroxyl groups is 2. The zero-order chi connectivity index (χ0) is 33.1. The number of carbonyl (C=O) groups excluding carboxylic acids is 2. The van der Waals surface area contributed by atoms with Crippen molar-refractivity contribution in [2.75, 3.05) is 26.2 Å². The van der Waals surface area contributed by atoms with Crippen molar-refractivity contribution in [2.24, 2.45) is 5.92 Å². The first-order valence-corrected chi connectivity index (χ1v) is 17.1. The van der Waals surface area contributed by atoms with Gasteiger partial charge in [-0.25, -0.2) is 14.8 Å². The summed E-state index contributed by atoms with van der Waals surface area (Å²) in [5.41, 5.74) is 0.266. The largest absolute Gasteiger partial charge is 0.457 e. The molecule has 1 saturated carbocycles. The van der Waals surface area contributed by atoms with E-state index >= 15 is 0 Å². The first kappa shape index (κ1) is 35.8. The average Bonchev–Trinajstić information content (AvgIpc) is 3.34. The van der Waals surface area contributed by atoms with Gasteiger partial charge in [0.15, 0.2) is 6.10 Å². The van der Waals surface area contributed by atoms with Crippen molar-refractivity contribution in [3.8, 4) is 0 Å². The fraction of sp³-hybridized carbons (Fsp3) is 0.667. The molecule has 0 aromatic carbocycles. The maximum absolute atomic E-state index is 13.4. The molecule has 3 heterocycles. The molecule has 2 aliphatic heterocycles. The van der Waals surface area contributed by atoms with E-state index in [-0.39, 0.29) is 31.1 Å². The lowest BCUT2D eigenvalue weighted by Gasteiger charge is -2.40. The Labute approximate surface area is 274 Å². The number of hydrogen-bond acceptors (Lipinski definition) is 9. The molecule has 1 aromatic rings. The molecule has 10 heteroatoms. The molecule has 1 amide bonds. The fourth-order valence-electron chi connectivity index (χ4n) is 6.66. The van der Waals surface area contributed by atoms with Crippen LogP contribution in [0.2, 0.25) is 0 Å². The van der Waals surface area contributed by atoms with Crippen molar-refractivity contribution < 1.29 is 29.3 Å². The summed E-state index contributed by atoms with van der Waals surface area (Å²) in [7, 11) is 0. The van der Waals surface area contributed by atoms with Crippen LogP contribution in [0.25, 0.3) is 0 Å². The van der Waals surface area contributed by atoms with Crippen LogP contribution in [0.4, 0.5) is 4.79 Å². The third kappa shape index (κ3) is 10.5. The van der Waals surface area contributed by atoms with E-state index in [2.05, 4.69) is 14.9 Å². The number of aromatic nitrogens is 2. The normalized spacial score (nSPS) is 31.3. The maximum atomic E-state index is 13.4. The molecule has 46 heavy (non-hydrogen) atoms. The second-order valence-electron chi connectivity index (χ2n) is 13.6. The Hall–Kier alpha value is -3.08. The Morgan fingerprint density at radius 3 is 2.52 bits per heavy atom. The van der Waals surface area contributed by atoms with Gasteiger partial charge < -0.3 is 24.6 Å². The summed E-state index contributed by atoms with van der Waals surface area (Å²) in [5.74, 6) is -0.740. The topological polar surface area (TPSA) is 125 Å². The Kier molecular flexibility index (Phi) is 13.4. The predicted octanol–water partition coefficient (Wildman–Crippen LogP) is 5.33. The molecule has 10 nitrogen and oxygen atoms in total. The zero-order valence-electron chi connectivity index (χ0n) is 28.1. The number of carbonyl (C=O) groups is 2. The van der Waals surface area contributed by atoms with Crippen LogP contribution < -0.4 is 0 Å². The number of aliphatic hydroxyl groups excluding tert-OH is 1. The molecule has 254 valence electrons. The zero-order valence-corrected chi connectivity index (χ0v) is 28.1. The second-order valence-corrected chi connectivity index (χ2v) is 13.6. The Balaban J connectivity index is 1.45. The van der Waals surface area contributed by atoms with E-state index in [1.807, 2.05) is 51.1 Å². The predicted molar refractivity (Wildman–Crippen MR) is 177 cm³/mol. The molecule has 2 N–H and O–H groups in total. The Bertz CT molecular complexity index is 1200. The lowest BCUT2D eigenvalue weighted by molar-refractivity contribution is -0.151. The van der Waals surface area contributed by atoms with Gasteiger partial charge in [0.1, 0.15) is 18.0 Å². The van der Waals surface area contributed by atoms with Crippen molar-refractivity contribution in [3.63, 3.8) is 0 Å². The number of nitrogens with zero attached hydrogens (tertiary/aromatic N) is 4. The van der Waals surface area contributed by atoms with Crippen molar-refractivity contribution in [3.05, 3.63) is 60.2 Å². The highest BCUT2D eigenvalue weighted by Crippen LogP contribution is 2.28. The van der Waals surface area contributed by atoms with Crippen LogP contribution in [-0.2, 0) is 14.3 Å². The van der Waals surface area contributed by atoms with Gasteiger partial charge in [-0.2, -0.15) is 0 Å². The van der Waals surface area contributed by atoms with Gasteiger partial charge in [0.25, 0.3) is 0 Å². The van der Waals surface area contributed by atoms with Gasteiger partial charge in [0, 0.05) is 50.3 Å². The van der Waals surface area contributed by atoms with Crippen molar-refractivity contribution >= 4 is 12.1 Å². The minimum Gasteiger partial charge on any atom is -0.457 e. The van der Waals surface area contributed by atoms with Crippen LogP contribution in [0, 0.1) is 5.92 Å². The molecule has 4 rings (SSSR count). The number of allylic oxidation sites excluding steroid dienone is 3. The van der Waals surface area contributed by atoms with E-state index in [0.717, 1.165) is 24.4 Å². The monoisotopic (exact) mass is 638 g/mol. The summed E-state index contributed by atoms with van der Waals surface area (Å²) >= 11 is 0. The smallest absolute Gasteiger partial charge is 0.410 e. The van der Waals surface area contributed by atoms with Gasteiger partial charge in [-0.1, -0.05) is 63.8 Å². The minimum atomic E-state index is -1.45. The lowest BCUT2D eigenvalue weighted by Crippen LogP contribution is -2.53. The summed E-state index contributed by atoms with van der Waals surface area (Å²) in [6.07, 6.45) is 17.4. The highest BCUT2D eigenvalue weighted by atomic mass is 16.6. The van der Waals surface area contributed by atoms with Gasteiger partial charge >= 0.3 is 12.1 Å². The fourth-order valence-corrected chi connectivity index (χ4v) is 6.66. The SMILES string of the molecule is C/C(=C\C=C\C(C)c1ccncn1)[C@H]1OC(=O)C[C@@H](O)CC[C@](C)(O)[C@@H](OC(=O)N2CCN(C3CCCCCC3)CC2)/C=C\[C@@H]1C. The van der Waals surface area contributed by atoms with E-state index in [4.69, 9.17) is 9.47 Å². The number of piperazine rings is 1. The maximum Gasteiger partial charge on any atom is 0.410 e. The molecule has 0 spiro atoms. The van der Waals surface area contributed by atoms with Crippen LogP contribution >= 0.6 is 0 Å². The number of amides is 1. The van der Waals surface area contributed by atoms with Gasteiger partial charge in [0.2, 0.25) is 0 Å². The molecule has 3 aliphatic rings. The lowest BCUT2D eigenvalue weighted by atomic mass is 9.88. The molecular weight excluding hydrogens is 584 g/mol. The molecule has 6 atom stereocenters. The first-order valence-electron chi connectivity index (χ1n) is 17.1. The van der Waals surface area contributed by atoms with E-state index in [9.17, 15) is 19.8 Å². The van der Waals surface area contributed by atoms with Crippen molar-refractivity contribution in [2.45, 2.75) is 121 Å². The third-order valence-electron chi connectivity index (χ3n) is 9.74. The van der Waals surface area contributed by atoms with Gasteiger partial charge in [-0.15, -0.1) is 0 Å². The Morgan fingerprint density at radius 1 is 1.13 bits per heavy atom. The van der Waals surface area contributed by atoms with Crippen LogP contribution in [0.1, 0.15) is 97.1 Å². The van der Waals surface area contributed by atoms with Crippen LogP contribution in [0.5, 0.6) is 0 Å². The van der Waals surface area contributed by atoms with E-state index in [1.165, 1.54) is 44.9 Å². The van der Waals surface area contributed by atoms with Gasteiger partial charge in [-0.3, -0.25) is 9.69 Å². The molecule has 0 bridgehead atoms. The average molecular weight is 639 g/mol. The standard InChI is InChI=1S/C36H54N4O6/c1-26(31-17-19-37-25-38-31)10-9-11-27(2)34-28(3)14-15-32(36(4,44)18-16-30(41)24-33(42)46-34)45-35(43)40-22-20-39(21-23-40)29-12-7-5-6-8-13-29/h9-11,14-15,17,19,25-26,28-30,32,34,41,44H,5-8,12-13,16,18,20-24H2,1-4H3/b10-9+,15-14-,27-11+/t26?,28-,30-,32-,34+,36-/m0/s1. The molecule has 1 saturated heterocycles. The van der Waals surface area contributed by atoms with Crippen LogP contribution in [0.15, 0.2) is 54.5 Å². The highest BCUT2D eigenvalue weighted by molar-refractivity contribution is 5.70. The van der Waals surface area contributed by atoms with E-state index in [0.29, 0.717) is 19.1 Å². The molecule has 0 radical (unpaired) electrons. The summed E-state index contributed by atoms with van der Waals surface area (Å²) in [5, 5.41) is 22.1. The molecule has 1 aromatic heterocycles. The van der Waals surface area contributed by atoms with Crippen LogP contribution in [0.3, 0.4) is 0 Å². The first-order chi connectivity index (χ1) is 22.0.